The smallest absolute Gasteiger partial charge is 0.273 e. The number of carbonyl (C=O) groups is 1. The molecule has 0 aliphatic rings. The van der Waals surface area contributed by atoms with Gasteiger partial charge in [-0.25, -0.2) is 4.98 Å². The second-order valence-corrected chi connectivity index (χ2v) is 6.70. The van der Waals surface area contributed by atoms with Crippen molar-refractivity contribution in [1.82, 2.24) is 9.88 Å². The first-order chi connectivity index (χ1) is 11.2. The molecule has 2 heterocycles. The first-order valence-corrected chi connectivity index (χ1v) is 8.86. The lowest BCUT2D eigenvalue weighted by Gasteiger charge is -2.14. The van der Waals surface area contributed by atoms with Crippen molar-refractivity contribution in [2.75, 3.05) is 14.2 Å². The number of thiazole rings is 1. The fourth-order valence-corrected chi connectivity index (χ4v) is 3.62. The topological polar surface area (TPSA) is 42.4 Å². The van der Waals surface area contributed by atoms with E-state index in [-0.39, 0.29) is 5.91 Å². The maximum Gasteiger partial charge on any atom is 0.273 e. The monoisotopic (exact) mass is 344 g/mol. The molecule has 0 N–H and O–H groups in total. The second kappa shape index (κ2) is 6.93. The van der Waals surface area contributed by atoms with Crippen LogP contribution in [0.15, 0.2) is 46.5 Å². The normalized spacial score (nSPS) is 10.5. The Morgan fingerprint density at radius 3 is 2.65 bits per heavy atom. The molecule has 0 aliphatic carbocycles. The first-order valence-electron chi connectivity index (χ1n) is 7.04. The number of ether oxygens (including phenoxy) is 1. The number of nitrogens with zero attached hydrogens (tertiary/aromatic N) is 2. The summed E-state index contributed by atoms with van der Waals surface area (Å²) in [6.07, 6.45) is 0. The van der Waals surface area contributed by atoms with Crippen LogP contribution in [0, 0.1) is 0 Å². The minimum atomic E-state index is -0.0628. The van der Waals surface area contributed by atoms with Gasteiger partial charge in [-0.3, -0.25) is 4.79 Å². The molecule has 1 aromatic carbocycles. The lowest BCUT2D eigenvalue weighted by molar-refractivity contribution is 0.0780. The fraction of sp³-hybridized carbons (Fsp3) is 0.176. The van der Waals surface area contributed by atoms with Crippen LogP contribution in [0.1, 0.15) is 16.1 Å². The molecule has 0 spiro atoms. The van der Waals surface area contributed by atoms with Crippen molar-refractivity contribution >= 4 is 28.6 Å². The molecule has 118 valence electrons. The Labute approximate surface area is 143 Å². The van der Waals surface area contributed by atoms with Gasteiger partial charge in [0.1, 0.15) is 16.5 Å². The highest BCUT2D eigenvalue weighted by Gasteiger charge is 2.16. The highest BCUT2D eigenvalue weighted by atomic mass is 32.1. The molecule has 0 aliphatic heterocycles. The Balaban J connectivity index is 1.73. The molecule has 0 bridgehead atoms. The maximum absolute atomic E-state index is 12.5. The molecular weight excluding hydrogens is 328 g/mol. The molecule has 23 heavy (non-hydrogen) atoms. The van der Waals surface area contributed by atoms with Gasteiger partial charge in [0.15, 0.2) is 0 Å². The van der Waals surface area contributed by atoms with Gasteiger partial charge in [-0.1, -0.05) is 0 Å². The summed E-state index contributed by atoms with van der Waals surface area (Å²) < 4.78 is 5.15. The number of amides is 1. The molecule has 0 fully saturated rings. The van der Waals surface area contributed by atoms with E-state index in [0.717, 1.165) is 21.9 Å². The van der Waals surface area contributed by atoms with Crippen LogP contribution in [0.5, 0.6) is 5.75 Å². The van der Waals surface area contributed by atoms with Crippen LogP contribution in [0.4, 0.5) is 0 Å². The molecule has 1 amide bonds. The van der Waals surface area contributed by atoms with Gasteiger partial charge in [-0.05, 0) is 46.7 Å². The number of benzene rings is 1. The maximum atomic E-state index is 12.5. The zero-order valence-electron chi connectivity index (χ0n) is 12.9. The molecule has 0 saturated carbocycles. The van der Waals surface area contributed by atoms with Crippen molar-refractivity contribution in [2.24, 2.45) is 0 Å². The largest absolute Gasteiger partial charge is 0.497 e. The average molecular weight is 344 g/mol. The van der Waals surface area contributed by atoms with Crippen LogP contribution in [0.2, 0.25) is 0 Å². The summed E-state index contributed by atoms with van der Waals surface area (Å²) in [7, 11) is 3.44. The molecule has 2 aromatic heterocycles. The van der Waals surface area contributed by atoms with E-state index in [1.165, 1.54) is 11.3 Å². The van der Waals surface area contributed by atoms with Gasteiger partial charge < -0.3 is 9.64 Å². The second-order valence-electron chi connectivity index (χ2n) is 5.06. The Kier molecular flexibility index (Phi) is 4.73. The van der Waals surface area contributed by atoms with Gasteiger partial charge >= 0.3 is 0 Å². The lowest BCUT2D eigenvalue weighted by Crippen LogP contribution is -2.26. The van der Waals surface area contributed by atoms with Gasteiger partial charge in [0.05, 0.1) is 7.11 Å². The average Bonchev–Trinajstić information content (AvgIpc) is 3.26. The van der Waals surface area contributed by atoms with Gasteiger partial charge in [0, 0.05) is 24.5 Å². The van der Waals surface area contributed by atoms with Gasteiger partial charge in [-0.15, -0.1) is 11.3 Å². The SMILES string of the molecule is COc1ccc(-c2nc(C(=O)N(C)Cc3ccsc3)cs2)cc1. The van der Waals surface area contributed by atoms with E-state index in [0.29, 0.717) is 12.2 Å². The molecular formula is C17H16N2O2S2. The number of aromatic nitrogens is 1. The van der Waals surface area contributed by atoms with Crippen molar-refractivity contribution in [3.05, 3.63) is 57.7 Å². The number of methoxy groups -OCH3 is 1. The van der Waals surface area contributed by atoms with Crippen LogP contribution in [-0.4, -0.2) is 29.9 Å². The molecule has 3 rings (SSSR count). The molecule has 6 heteroatoms. The number of hydrogen-bond donors (Lipinski definition) is 0. The number of carbonyl (C=O) groups excluding carboxylic acids is 1. The van der Waals surface area contributed by atoms with E-state index in [4.69, 9.17) is 4.74 Å². The molecule has 3 aromatic rings. The summed E-state index contributed by atoms with van der Waals surface area (Å²) in [4.78, 5) is 18.6. The van der Waals surface area contributed by atoms with Crippen molar-refractivity contribution in [3.63, 3.8) is 0 Å². The summed E-state index contributed by atoms with van der Waals surface area (Å²) in [5.74, 6) is 0.740. The fourth-order valence-electron chi connectivity index (χ4n) is 2.16. The van der Waals surface area contributed by atoms with Gasteiger partial charge in [0.2, 0.25) is 0 Å². The molecule has 0 atom stereocenters. The van der Waals surface area contributed by atoms with E-state index >= 15 is 0 Å². The Morgan fingerprint density at radius 2 is 2.00 bits per heavy atom. The number of thiophene rings is 1. The summed E-state index contributed by atoms with van der Waals surface area (Å²) in [6.45, 7) is 0.595. The van der Waals surface area contributed by atoms with E-state index in [9.17, 15) is 4.79 Å². The standard InChI is InChI=1S/C17H16N2O2S2/c1-19(9-12-7-8-22-10-12)17(20)15-11-23-16(18-15)13-3-5-14(21-2)6-4-13/h3-8,10-11H,9H2,1-2H3. The quantitative estimate of drug-likeness (QED) is 0.698. The van der Waals surface area contributed by atoms with E-state index < -0.39 is 0 Å². The van der Waals surface area contributed by atoms with Crippen LogP contribution in [-0.2, 0) is 6.54 Å². The Morgan fingerprint density at radius 1 is 1.22 bits per heavy atom. The van der Waals surface area contributed by atoms with Crippen molar-refractivity contribution in [1.29, 1.82) is 0 Å². The lowest BCUT2D eigenvalue weighted by atomic mass is 10.2. The summed E-state index contributed by atoms with van der Waals surface area (Å²) in [5, 5.41) is 6.71. The van der Waals surface area contributed by atoms with Crippen LogP contribution < -0.4 is 4.74 Å². The number of hydrogen-bond acceptors (Lipinski definition) is 5. The van der Waals surface area contributed by atoms with Crippen LogP contribution >= 0.6 is 22.7 Å². The zero-order valence-corrected chi connectivity index (χ0v) is 14.5. The van der Waals surface area contributed by atoms with Gasteiger partial charge in [-0.2, -0.15) is 11.3 Å². The van der Waals surface area contributed by atoms with Crippen molar-refractivity contribution in [2.45, 2.75) is 6.54 Å². The predicted molar refractivity (Wildman–Crippen MR) is 94.2 cm³/mol. The molecule has 0 saturated heterocycles. The molecule has 0 unspecified atom stereocenters. The Hall–Kier alpha value is -2.18. The molecule has 0 radical (unpaired) electrons. The Bertz CT molecular complexity index is 779. The minimum Gasteiger partial charge on any atom is -0.497 e. The predicted octanol–water partition coefficient (Wildman–Crippen LogP) is 4.15. The van der Waals surface area contributed by atoms with Gasteiger partial charge in [0.25, 0.3) is 5.91 Å². The number of rotatable bonds is 5. The third-order valence-corrected chi connectivity index (χ3v) is 5.03. The van der Waals surface area contributed by atoms with E-state index in [2.05, 4.69) is 4.98 Å². The third kappa shape index (κ3) is 3.60. The van der Waals surface area contributed by atoms with Crippen molar-refractivity contribution in [3.8, 4) is 16.3 Å². The van der Waals surface area contributed by atoms with E-state index in [1.54, 1.807) is 30.4 Å². The summed E-state index contributed by atoms with van der Waals surface area (Å²) in [6, 6.07) is 9.70. The van der Waals surface area contributed by atoms with Crippen LogP contribution in [0.3, 0.4) is 0 Å². The summed E-state index contributed by atoms with van der Waals surface area (Å²) in [5.41, 5.74) is 2.60. The van der Waals surface area contributed by atoms with Crippen molar-refractivity contribution < 1.29 is 9.53 Å². The highest BCUT2D eigenvalue weighted by molar-refractivity contribution is 7.13. The third-order valence-electron chi connectivity index (χ3n) is 3.41. The zero-order chi connectivity index (χ0) is 16.2. The minimum absolute atomic E-state index is 0.0628. The van der Waals surface area contributed by atoms with Crippen LogP contribution in [0.25, 0.3) is 10.6 Å². The molecule has 4 nitrogen and oxygen atoms in total. The summed E-state index contributed by atoms with van der Waals surface area (Å²) >= 11 is 3.10. The highest BCUT2D eigenvalue weighted by Crippen LogP contribution is 2.26. The first kappa shape index (κ1) is 15.7. The van der Waals surface area contributed by atoms with E-state index in [1.807, 2.05) is 46.5 Å².